The molecule has 2 nitrogen and oxygen atoms in total. The number of aryl methyl sites for hydroxylation is 3. The van der Waals surface area contributed by atoms with Gasteiger partial charge in [0.25, 0.3) is 5.91 Å². The Kier molecular flexibility index (Phi) is 7.14. The molecule has 3 aromatic rings. The lowest BCUT2D eigenvalue weighted by atomic mass is 9.88. The van der Waals surface area contributed by atoms with Crippen molar-refractivity contribution in [1.82, 2.24) is 5.32 Å². The number of carbonyl (C=O) groups excluding carboxylic acids is 1. The van der Waals surface area contributed by atoms with Gasteiger partial charge < -0.3 is 5.32 Å². The van der Waals surface area contributed by atoms with Crippen molar-refractivity contribution in [3.05, 3.63) is 100 Å². The standard InChI is InChI=1S/C28H31NOS/c1-3-27(25-15-14-22-6-4-5-7-24(22)18-25)29-28(30)23-12-10-21(11-13-23)19-31-26-16-8-20(2)9-17-26/h8-18,27H,3-7,19H2,1-2H3,(H,29,30)/t27-/m0/s1. The average molecular weight is 430 g/mol. The second-order valence-electron chi connectivity index (χ2n) is 8.47. The zero-order valence-electron chi connectivity index (χ0n) is 18.5. The number of carbonyl (C=O) groups is 1. The van der Waals surface area contributed by atoms with Gasteiger partial charge in [0.05, 0.1) is 6.04 Å². The molecule has 160 valence electrons. The van der Waals surface area contributed by atoms with E-state index >= 15 is 0 Å². The Morgan fingerprint density at radius 2 is 1.65 bits per heavy atom. The summed E-state index contributed by atoms with van der Waals surface area (Å²) in [5.41, 5.74) is 7.40. The molecule has 4 rings (SSSR count). The maximum absolute atomic E-state index is 12.9. The third kappa shape index (κ3) is 5.59. The summed E-state index contributed by atoms with van der Waals surface area (Å²) in [6.07, 6.45) is 5.80. The Bertz CT molecular complexity index is 1020. The predicted octanol–water partition coefficient (Wildman–Crippen LogP) is 7.05. The fourth-order valence-electron chi connectivity index (χ4n) is 4.19. The molecule has 0 radical (unpaired) electrons. The van der Waals surface area contributed by atoms with Gasteiger partial charge in [-0.3, -0.25) is 4.79 Å². The van der Waals surface area contributed by atoms with Crippen LogP contribution in [0.5, 0.6) is 0 Å². The number of thioether (sulfide) groups is 1. The molecule has 0 aromatic heterocycles. The predicted molar refractivity (Wildman–Crippen MR) is 131 cm³/mol. The Hall–Kier alpha value is -2.52. The number of amides is 1. The van der Waals surface area contributed by atoms with Crippen molar-refractivity contribution in [1.29, 1.82) is 0 Å². The molecule has 0 fully saturated rings. The van der Waals surface area contributed by atoms with Crippen molar-refractivity contribution >= 4 is 17.7 Å². The van der Waals surface area contributed by atoms with E-state index in [4.69, 9.17) is 0 Å². The van der Waals surface area contributed by atoms with Crippen LogP contribution >= 0.6 is 11.8 Å². The topological polar surface area (TPSA) is 29.1 Å². The van der Waals surface area contributed by atoms with E-state index in [1.807, 2.05) is 23.9 Å². The largest absolute Gasteiger partial charge is 0.345 e. The fourth-order valence-corrected chi connectivity index (χ4v) is 5.04. The Balaban J connectivity index is 1.37. The van der Waals surface area contributed by atoms with Crippen molar-refractivity contribution in [3.8, 4) is 0 Å². The lowest BCUT2D eigenvalue weighted by molar-refractivity contribution is 0.0935. The number of hydrogen-bond donors (Lipinski definition) is 1. The summed E-state index contributed by atoms with van der Waals surface area (Å²) < 4.78 is 0. The van der Waals surface area contributed by atoms with Crippen LogP contribution in [-0.4, -0.2) is 5.91 Å². The van der Waals surface area contributed by atoms with Crippen LogP contribution in [0, 0.1) is 6.92 Å². The van der Waals surface area contributed by atoms with E-state index in [9.17, 15) is 4.79 Å². The lowest BCUT2D eigenvalue weighted by Gasteiger charge is -2.22. The number of fused-ring (bicyclic) bond motifs is 1. The zero-order chi connectivity index (χ0) is 21.6. The summed E-state index contributed by atoms with van der Waals surface area (Å²) in [6.45, 7) is 4.24. The van der Waals surface area contributed by atoms with Gasteiger partial charge in [-0.25, -0.2) is 0 Å². The van der Waals surface area contributed by atoms with Crippen LogP contribution < -0.4 is 5.32 Å². The quantitative estimate of drug-likeness (QED) is 0.408. The third-order valence-electron chi connectivity index (χ3n) is 6.13. The summed E-state index contributed by atoms with van der Waals surface area (Å²) in [4.78, 5) is 14.1. The highest BCUT2D eigenvalue weighted by Gasteiger charge is 2.17. The normalized spacial score (nSPS) is 14.0. The van der Waals surface area contributed by atoms with Crippen molar-refractivity contribution in [2.75, 3.05) is 0 Å². The molecule has 1 N–H and O–H groups in total. The van der Waals surface area contributed by atoms with Crippen LogP contribution in [0.4, 0.5) is 0 Å². The number of benzene rings is 3. The molecule has 0 bridgehead atoms. The van der Waals surface area contributed by atoms with Gasteiger partial charge >= 0.3 is 0 Å². The molecule has 1 aliphatic rings. The Morgan fingerprint density at radius 3 is 2.35 bits per heavy atom. The minimum absolute atomic E-state index is 0.00214. The van der Waals surface area contributed by atoms with Crippen molar-refractivity contribution in [2.24, 2.45) is 0 Å². The summed E-state index contributed by atoms with van der Waals surface area (Å²) >= 11 is 1.82. The van der Waals surface area contributed by atoms with Gasteiger partial charge in [-0.05, 0) is 85.5 Å². The van der Waals surface area contributed by atoms with Gasteiger partial charge in [0, 0.05) is 16.2 Å². The molecule has 1 amide bonds. The Labute approximate surface area is 190 Å². The van der Waals surface area contributed by atoms with Gasteiger partial charge in [-0.2, -0.15) is 0 Å². The molecular formula is C28H31NOS. The van der Waals surface area contributed by atoms with Gasteiger partial charge in [0.15, 0.2) is 0 Å². The van der Waals surface area contributed by atoms with Crippen molar-refractivity contribution in [2.45, 2.75) is 62.6 Å². The molecular weight excluding hydrogens is 398 g/mol. The first kappa shape index (κ1) is 21.7. The van der Waals surface area contributed by atoms with Crippen LogP contribution in [0.1, 0.15) is 70.4 Å². The van der Waals surface area contributed by atoms with Gasteiger partial charge in [-0.1, -0.05) is 55.0 Å². The summed E-state index contributed by atoms with van der Waals surface area (Å²) in [6, 6.07) is 23.5. The molecule has 0 saturated heterocycles. The lowest BCUT2D eigenvalue weighted by Crippen LogP contribution is -2.28. The van der Waals surface area contributed by atoms with Gasteiger partial charge in [-0.15, -0.1) is 11.8 Å². The van der Waals surface area contributed by atoms with Crippen LogP contribution in [0.15, 0.2) is 71.6 Å². The average Bonchev–Trinajstić information content (AvgIpc) is 2.82. The van der Waals surface area contributed by atoms with Crippen molar-refractivity contribution < 1.29 is 4.79 Å². The molecule has 31 heavy (non-hydrogen) atoms. The van der Waals surface area contributed by atoms with Crippen LogP contribution in [0.2, 0.25) is 0 Å². The maximum Gasteiger partial charge on any atom is 0.251 e. The summed E-state index contributed by atoms with van der Waals surface area (Å²) in [5, 5.41) is 3.24. The molecule has 0 unspecified atom stereocenters. The molecule has 0 heterocycles. The highest BCUT2D eigenvalue weighted by Crippen LogP contribution is 2.27. The first-order valence-electron chi connectivity index (χ1n) is 11.3. The first-order chi connectivity index (χ1) is 15.1. The molecule has 1 atom stereocenters. The molecule has 3 heteroatoms. The van der Waals surface area contributed by atoms with Crippen LogP contribution in [0.25, 0.3) is 0 Å². The minimum atomic E-state index is 0.00214. The molecule has 1 aliphatic carbocycles. The van der Waals surface area contributed by atoms with E-state index in [1.165, 1.54) is 52.0 Å². The SMILES string of the molecule is CC[C@H](NC(=O)c1ccc(CSc2ccc(C)cc2)cc1)c1ccc2c(c1)CCCC2. The smallest absolute Gasteiger partial charge is 0.251 e. The van der Waals surface area contributed by atoms with E-state index < -0.39 is 0 Å². The number of hydrogen-bond acceptors (Lipinski definition) is 2. The molecule has 0 aliphatic heterocycles. The van der Waals surface area contributed by atoms with E-state index in [2.05, 4.69) is 73.8 Å². The second kappa shape index (κ2) is 10.2. The van der Waals surface area contributed by atoms with E-state index in [-0.39, 0.29) is 11.9 Å². The van der Waals surface area contributed by atoms with Gasteiger partial charge in [0.1, 0.15) is 0 Å². The Morgan fingerprint density at radius 1 is 0.935 bits per heavy atom. The van der Waals surface area contributed by atoms with Crippen LogP contribution in [0.3, 0.4) is 0 Å². The fraction of sp³-hybridized carbons (Fsp3) is 0.321. The monoisotopic (exact) mass is 429 g/mol. The zero-order valence-corrected chi connectivity index (χ0v) is 19.3. The molecule has 0 spiro atoms. The number of rotatable bonds is 7. The molecule has 0 saturated carbocycles. The van der Waals surface area contributed by atoms with Crippen molar-refractivity contribution in [3.63, 3.8) is 0 Å². The maximum atomic E-state index is 12.9. The van der Waals surface area contributed by atoms with Crippen LogP contribution in [-0.2, 0) is 18.6 Å². The first-order valence-corrected chi connectivity index (χ1v) is 12.3. The summed E-state index contributed by atoms with van der Waals surface area (Å²) in [5.74, 6) is 0.903. The van der Waals surface area contributed by atoms with Gasteiger partial charge in [0.2, 0.25) is 0 Å². The third-order valence-corrected chi connectivity index (χ3v) is 7.21. The summed E-state index contributed by atoms with van der Waals surface area (Å²) in [7, 11) is 0. The van der Waals surface area contributed by atoms with E-state index in [1.54, 1.807) is 0 Å². The van der Waals surface area contributed by atoms with E-state index in [0.29, 0.717) is 0 Å². The minimum Gasteiger partial charge on any atom is -0.345 e. The highest BCUT2D eigenvalue weighted by atomic mass is 32.2. The van der Waals surface area contributed by atoms with E-state index in [0.717, 1.165) is 24.2 Å². The molecule has 3 aromatic carbocycles. The number of nitrogens with one attached hydrogen (secondary N) is 1. The highest BCUT2D eigenvalue weighted by molar-refractivity contribution is 7.98. The second-order valence-corrected chi connectivity index (χ2v) is 9.52.